The Balaban J connectivity index is 2.49. The quantitative estimate of drug-likeness (QED) is 0.727. The third-order valence-corrected chi connectivity index (χ3v) is 5.48. The molecule has 22 heavy (non-hydrogen) atoms. The van der Waals surface area contributed by atoms with Crippen LogP contribution in [0.3, 0.4) is 0 Å². The number of anilines is 1. The summed E-state index contributed by atoms with van der Waals surface area (Å²) in [6.45, 7) is 3.34. The van der Waals surface area contributed by atoms with Crippen LogP contribution in [0.15, 0.2) is 41.3 Å². The first kappa shape index (κ1) is 16.8. The fraction of sp³-hybridized carbons (Fsp3) is 0.133. The molecule has 0 aliphatic carbocycles. The lowest BCUT2D eigenvalue weighted by Gasteiger charge is -2.13. The third-order valence-electron chi connectivity index (χ3n) is 3.25. The van der Waals surface area contributed by atoms with Crippen LogP contribution in [-0.2, 0) is 10.0 Å². The Hall–Kier alpha value is -1.61. The van der Waals surface area contributed by atoms with E-state index in [1.54, 1.807) is 38.1 Å². The van der Waals surface area contributed by atoms with Gasteiger partial charge in [-0.15, -0.1) is 0 Å². The smallest absolute Gasteiger partial charge is 0.335 e. The van der Waals surface area contributed by atoms with E-state index < -0.39 is 16.0 Å². The first-order chi connectivity index (χ1) is 10.2. The van der Waals surface area contributed by atoms with Crippen molar-refractivity contribution in [3.63, 3.8) is 0 Å². The second-order valence-corrected chi connectivity index (χ2v) is 7.73. The average Bonchev–Trinajstić information content (AvgIpc) is 2.43. The number of sulfonamides is 1. The predicted octanol–water partition coefficient (Wildman–Crippen LogP) is 3.41. The van der Waals surface area contributed by atoms with E-state index in [1.165, 1.54) is 12.1 Å². The SMILES string of the molecule is Cc1cc(C(=O)O)cc(S(=O)(=O)Nc2ccc(I)cc2)c1C. The number of carbonyl (C=O) groups is 1. The summed E-state index contributed by atoms with van der Waals surface area (Å²) in [6, 6.07) is 9.51. The van der Waals surface area contributed by atoms with E-state index in [2.05, 4.69) is 27.3 Å². The maximum absolute atomic E-state index is 12.5. The van der Waals surface area contributed by atoms with Gasteiger partial charge in [-0.2, -0.15) is 0 Å². The highest BCUT2D eigenvalue weighted by molar-refractivity contribution is 14.1. The van der Waals surface area contributed by atoms with Crippen molar-refractivity contribution in [2.75, 3.05) is 4.72 Å². The van der Waals surface area contributed by atoms with Gasteiger partial charge in [-0.05, 0) is 84.0 Å². The normalized spacial score (nSPS) is 11.2. The highest BCUT2D eigenvalue weighted by Gasteiger charge is 2.20. The molecule has 2 N–H and O–H groups in total. The van der Waals surface area contributed by atoms with E-state index in [0.29, 0.717) is 16.8 Å². The predicted molar refractivity (Wildman–Crippen MR) is 92.8 cm³/mol. The first-order valence-electron chi connectivity index (χ1n) is 6.33. The largest absolute Gasteiger partial charge is 0.478 e. The summed E-state index contributed by atoms with van der Waals surface area (Å²) in [5, 5.41) is 9.09. The van der Waals surface area contributed by atoms with Crippen LogP contribution in [-0.4, -0.2) is 19.5 Å². The molecule has 0 aliphatic heterocycles. The number of rotatable bonds is 4. The third kappa shape index (κ3) is 3.58. The molecule has 0 aromatic heterocycles. The molecule has 5 nitrogen and oxygen atoms in total. The zero-order valence-corrected chi connectivity index (χ0v) is 14.9. The number of carboxylic acids is 1. The fourth-order valence-electron chi connectivity index (χ4n) is 1.96. The van der Waals surface area contributed by atoms with Crippen molar-refractivity contribution < 1.29 is 18.3 Å². The highest BCUT2D eigenvalue weighted by atomic mass is 127. The summed E-state index contributed by atoms with van der Waals surface area (Å²) in [4.78, 5) is 11.1. The lowest BCUT2D eigenvalue weighted by molar-refractivity contribution is 0.0696. The number of hydrogen-bond acceptors (Lipinski definition) is 3. The maximum atomic E-state index is 12.5. The molecule has 2 rings (SSSR count). The molecule has 0 atom stereocenters. The van der Waals surface area contributed by atoms with Gasteiger partial charge in [0.2, 0.25) is 0 Å². The molecule has 2 aromatic carbocycles. The molecule has 0 saturated heterocycles. The molecule has 0 fully saturated rings. The summed E-state index contributed by atoms with van der Waals surface area (Å²) in [6.07, 6.45) is 0. The number of carboxylic acid groups (broad SMARTS) is 1. The van der Waals surface area contributed by atoms with Crippen LogP contribution >= 0.6 is 22.6 Å². The van der Waals surface area contributed by atoms with Gasteiger partial charge < -0.3 is 5.11 Å². The van der Waals surface area contributed by atoms with Crippen molar-refractivity contribution >= 4 is 44.3 Å². The van der Waals surface area contributed by atoms with E-state index in [0.717, 1.165) is 3.57 Å². The van der Waals surface area contributed by atoms with Crippen molar-refractivity contribution in [3.05, 3.63) is 56.7 Å². The summed E-state index contributed by atoms with van der Waals surface area (Å²) < 4.78 is 28.5. The Morgan fingerprint density at radius 2 is 1.73 bits per heavy atom. The lowest BCUT2D eigenvalue weighted by Crippen LogP contribution is -2.16. The van der Waals surface area contributed by atoms with Gasteiger partial charge in [0.25, 0.3) is 10.0 Å². The Labute approximate surface area is 142 Å². The van der Waals surface area contributed by atoms with Gasteiger partial charge in [-0.1, -0.05) is 0 Å². The minimum atomic E-state index is -3.85. The lowest BCUT2D eigenvalue weighted by atomic mass is 10.1. The molecule has 0 saturated carbocycles. The number of benzene rings is 2. The Morgan fingerprint density at radius 1 is 1.14 bits per heavy atom. The monoisotopic (exact) mass is 431 g/mol. The van der Waals surface area contributed by atoms with Gasteiger partial charge >= 0.3 is 5.97 Å². The Bertz CT molecular complexity index is 829. The van der Waals surface area contributed by atoms with Crippen LogP contribution in [0.1, 0.15) is 21.5 Å². The molecule has 0 unspecified atom stereocenters. The number of halogens is 1. The standard InChI is InChI=1S/C15H14INO4S/c1-9-7-11(15(18)19)8-14(10(9)2)22(20,21)17-13-5-3-12(16)4-6-13/h3-8,17H,1-2H3,(H,18,19). The van der Waals surface area contributed by atoms with E-state index in [9.17, 15) is 13.2 Å². The van der Waals surface area contributed by atoms with Crippen LogP contribution in [0, 0.1) is 17.4 Å². The van der Waals surface area contributed by atoms with Crippen LogP contribution < -0.4 is 4.72 Å². The molecule has 2 aromatic rings. The molecule has 0 bridgehead atoms. The van der Waals surface area contributed by atoms with Gasteiger partial charge in [-0.25, -0.2) is 13.2 Å². The summed E-state index contributed by atoms with van der Waals surface area (Å²) >= 11 is 2.12. The molecule has 0 heterocycles. The molecular weight excluding hydrogens is 417 g/mol. The topological polar surface area (TPSA) is 83.5 Å². The van der Waals surface area contributed by atoms with Crippen LogP contribution in [0.25, 0.3) is 0 Å². The Kier molecular flexibility index (Phi) is 4.76. The molecule has 0 amide bonds. The van der Waals surface area contributed by atoms with Crippen LogP contribution in [0.2, 0.25) is 0 Å². The van der Waals surface area contributed by atoms with E-state index >= 15 is 0 Å². The van der Waals surface area contributed by atoms with Crippen molar-refractivity contribution in [1.82, 2.24) is 0 Å². The zero-order valence-electron chi connectivity index (χ0n) is 11.9. The molecule has 0 aliphatic rings. The van der Waals surface area contributed by atoms with Gasteiger partial charge in [0, 0.05) is 9.26 Å². The number of aromatic carboxylic acids is 1. The maximum Gasteiger partial charge on any atom is 0.335 e. The second-order valence-electron chi connectivity index (χ2n) is 4.83. The minimum Gasteiger partial charge on any atom is -0.478 e. The summed E-state index contributed by atoms with van der Waals surface area (Å²) in [7, 11) is -3.85. The van der Waals surface area contributed by atoms with Crippen molar-refractivity contribution in [2.24, 2.45) is 0 Å². The summed E-state index contributed by atoms with van der Waals surface area (Å²) in [5.41, 5.74) is 1.52. The minimum absolute atomic E-state index is 0.0246. The first-order valence-corrected chi connectivity index (χ1v) is 8.90. The van der Waals surface area contributed by atoms with E-state index in [4.69, 9.17) is 5.11 Å². The van der Waals surface area contributed by atoms with Crippen molar-refractivity contribution in [2.45, 2.75) is 18.7 Å². The molecule has 116 valence electrons. The van der Waals surface area contributed by atoms with Gasteiger partial charge in [-0.3, -0.25) is 4.72 Å². The molecule has 7 heteroatoms. The van der Waals surface area contributed by atoms with E-state index in [-0.39, 0.29) is 10.5 Å². The number of hydrogen-bond donors (Lipinski definition) is 2. The van der Waals surface area contributed by atoms with Crippen LogP contribution in [0.5, 0.6) is 0 Å². The number of nitrogens with one attached hydrogen (secondary N) is 1. The average molecular weight is 431 g/mol. The number of aryl methyl sites for hydroxylation is 1. The molecule has 0 radical (unpaired) electrons. The Morgan fingerprint density at radius 3 is 2.27 bits per heavy atom. The van der Waals surface area contributed by atoms with E-state index in [1.807, 2.05) is 0 Å². The highest BCUT2D eigenvalue weighted by Crippen LogP contribution is 2.24. The van der Waals surface area contributed by atoms with Crippen molar-refractivity contribution in [3.8, 4) is 0 Å². The second kappa shape index (κ2) is 6.25. The van der Waals surface area contributed by atoms with Crippen molar-refractivity contribution in [1.29, 1.82) is 0 Å². The molecular formula is C15H14INO4S. The van der Waals surface area contributed by atoms with Gasteiger partial charge in [0.15, 0.2) is 0 Å². The van der Waals surface area contributed by atoms with Gasteiger partial charge in [0.05, 0.1) is 10.5 Å². The van der Waals surface area contributed by atoms with Crippen LogP contribution in [0.4, 0.5) is 5.69 Å². The molecule has 0 spiro atoms. The van der Waals surface area contributed by atoms with Gasteiger partial charge in [0.1, 0.15) is 0 Å². The fourth-order valence-corrected chi connectivity index (χ4v) is 3.72. The summed E-state index contributed by atoms with van der Waals surface area (Å²) in [5.74, 6) is -1.16. The zero-order chi connectivity index (χ0) is 16.5.